The van der Waals surface area contributed by atoms with Gasteiger partial charge >= 0.3 is 0 Å². The second-order valence-corrected chi connectivity index (χ2v) is 4.90. The number of carbonyl (C=O) groups is 1. The van der Waals surface area contributed by atoms with Crippen molar-refractivity contribution in [3.05, 3.63) is 59.2 Å². The molecule has 0 atom stereocenters. The fraction of sp³-hybridized carbons (Fsp3) is 0.188. The van der Waals surface area contributed by atoms with Gasteiger partial charge in [-0.05, 0) is 42.2 Å². The first-order chi connectivity index (χ1) is 10.1. The van der Waals surface area contributed by atoms with Gasteiger partial charge in [0.2, 0.25) is 0 Å². The highest BCUT2D eigenvalue weighted by atomic mass is 19.1. The Kier molecular flexibility index (Phi) is 3.56. The molecular weight excluding hydrogens is 276 g/mol. The van der Waals surface area contributed by atoms with Crippen LogP contribution >= 0.6 is 0 Å². The van der Waals surface area contributed by atoms with E-state index in [1.54, 1.807) is 6.07 Å². The molecule has 0 unspecified atom stereocenters. The number of rotatable bonds is 3. The molecule has 21 heavy (non-hydrogen) atoms. The van der Waals surface area contributed by atoms with Gasteiger partial charge in [0, 0.05) is 6.07 Å². The summed E-state index contributed by atoms with van der Waals surface area (Å²) in [5.74, 6) is -0.676. The van der Waals surface area contributed by atoms with Gasteiger partial charge in [0.15, 0.2) is 6.61 Å². The third kappa shape index (κ3) is 3.02. The Morgan fingerprint density at radius 2 is 1.95 bits per heavy atom. The lowest BCUT2D eigenvalue weighted by Crippen LogP contribution is -2.25. The van der Waals surface area contributed by atoms with Gasteiger partial charge in [-0.3, -0.25) is 4.79 Å². The SMILES string of the molecule is O=C1COc2ccc(CCc3ccc(F)cc3F)cc2N1. The van der Waals surface area contributed by atoms with E-state index in [0.717, 1.165) is 11.6 Å². The van der Waals surface area contributed by atoms with Crippen molar-refractivity contribution in [3.8, 4) is 5.75 Å². The van der Waals surface area contributed by atoms with Crippen molar-refractivity contribution in [3.63, 3.8) is 0 Å². The third-order valence-electron chi connectivity index (χ3n) is 3.37. The van der Waals surface area contributed by atoms with Crippen molar-refractivity contribution in [2.45, 2.75) is 12.8 Å². The zero-order valence-corrected chi connectivity index (χ0v) is 11.2. The first kappa shape index (κ1) is 13.5. The quantitative estimate of drug-likeness (QED) is 0.943. The zero-order valence-electron chi connectivity index (χ0n) is 11.2. The van der Waals surface area contributed by atoms with Crippen molar-refractivity contribution in [2.75, 3.05) is 11.9 Å². The molecule has 0 aromatic heterocycles. The number of nitrogens with one attached hydrogen (secondary N) is 1. The fourth-order valence-corrected chi connectivity index (χ4v) is 2.29. The Balaban J connectivity index is 1.73. The van der Waals surface area contributed by atoms with Crippen LogP contribution in [-0.2, 0) is 17.6 Å². The van der Waals surface area contributed by atoms with Gasteiger partial charge in [0.1, 0.15) is 17.4 Å². The van der Waals surface area contributed by atoms with Gasteiger partial charge in [0.25, 0.3) is 5.91 Å². The molecule has 5 heteroatoms. The molecule has 0 saturated heterocycles. The summed E-state index contributed by atoms with van der Waals surface area (Å²) in [6.07, 6.45) is 1.05. The van der Waals surface area contributed by atoms with Crippen LogP contribution in [0.5, 0.6) is 5.75 Å². The summed E-state index contributed by atoms with van der Waals surface area (Å²) in [6.45, 7) is 0.0210. The largest absolute Gasteiger partial charge is 0.482 e. The number of fused-ring (bicyclic) bond motifs is 1. The maximum atomic E-state index is 13.6. The number of hydrogen-bond donors (Lipinski definition) is 1. The summed E-state index contributed by atoms with van der Waals surface area (Å²) >= 11 is 0. The molecule has 0 aliphatic carbocycles. The van der Waals surface area contributed by atoms with Crippen LogP contribution in [0.3, 0.4) is 0 Å². The van der Waals surface area contributed by atoms with Crippen molar-refractivity contribution < 1.29 is 18.3 Å². The minimum atomic E-state index is -0.579. The van der Waals surface area contributed by atoms with Crippen molar-refractivity contribution in [1.82, 2.24) is 0 Å². The number of halogens is 2. The lowest BCUT2D eigenvalue weighted by Gasteiger charge is -2.18. The Labute approximate surface area is 120 Å². The van der Waals surface area contributed by atoms with Gasteiger partial charge in [-0.1, -0.05) is 12.1 Å². The zero-order chi connectivity index (χ0) is 14.8. The second-order valence-electron chi connectivity index (χ2n) is 4.90. The van der Waals surface area contributed by atoms with Gasteiger partial charge in [-0.25, -0.2) is 8.78 Å². The summed E-state index contributed by atoms with van der Waals surface area (Å²) in [4.78, 5) is 11.3. The van der Waals surface area contributed by atoms with E-state index in [0.29, 0.717) is 29.8 Å². The molecule has 1 heterocycles. The highest BCUT2D eigenvalue weighted by Gasteiger charge is 2.15. The lowest BCUT2D eigenvalue weighted by molar-refractivity contribution is -0.118. The molecule has 0 saturated carbocycles. The van der Waals surface area contributed by atoms with Crippen LogP contribution in [0.1, 0.15) is 11.1 Å². The highest BCUT2D eigenvalue weighted by Crippen LogP contribution is 2.29. The lowest BCUT2D eigenvalue weighted by atomic mass is 10.0. The number of aryl methyl sites for hydroxylation is 2. The van der Waals surface area contributed by atoms with E-state index in [1.807, 2.05) is 12.1 Å². The van der Waals surface area contributed by atoms with Gasteiger partial charge in [-0.15, -0.1) is 0 Å². The molecular formula is C16H13F2NO2. The molecule has 2 aromatic rings. The Hall–Kier alpha value is -2.43. The van der Waals surface area contributed by atoms with E-state index in [1.165, 1.54) is 12.1 Å². The Bertz CT molecular complexity index is 701. The maximum Gasteiger partial charge on any atom is 0.262 e. The average Bonchev–Trinajstić information content (AvgIpc) is 2.46. The standard InChI is InChI=1S/C16H13F2NO2/c17-12-5-4-11(13(18)8-12)3-1-10-2-6-15-14(7-10)19-16(20)9-21-15/h2,4-8H,1,3,9H2,(H,19,20). The van der Waals surface area contributed by atoms with E-state index in [2.05, 4.69) is 5.32 Å². The number of anilines is 1. The van der Waals surface area contributed by atoms with E-state index in [9.17, 15) is 13.6 Å². The number of benzene rings is 2. The summed E-state index contributed by atoms with van der Waals surface area (Å²) in [7, 11) is 0. The van der Waals surface area contributed by atoms with E-state index < -0.39 is 11.6 Å². The molecule has 3 nitrogen and oxygen atoms in total. The second kappa shape index (κ2) is 5.52. The molecule has 1 amide bonds. The number of carbonyl (C=O) groups excluding carboxylic acids is 1. The molecule has 1 aliphatic rings. The molecule has 1 aliphatic heterocycles. The van der Waals surface area contributed by atoms with Crippen LogP contribution < -0.4 is 10.1 Å². The molecule has 3 rings (SSSR count). The maximum absolute atomic E-state index is 13.6. The van der Waals surface area contributed by atoms with Crippen LogP contribution in [0.15, 0.2) is 36.4 Å². The number of ether oxygens (including phenoxy) is 1. The summed E-state index contributed by atoms with van der Waals surface area (Å²) < 4.78 is 31.7. The Morgan fingerprint density at radius 1 is 1.10 bits per heavy atom. The van der Waals surface area contributed by atoms with Crippen molar-refractivity contribution >= 4 is 11.6 Å². The Morgan fingerprint density at radius 3 is 2.76 bits per heavy atom. The molecule has 108 valence electrons. The van der Waals surface area contributed by atoms with Crippen molar-refractivity contribution in [1.29, 1.82) is 0 Å². The van der Waals surface area contributed by atoms with Crippen LogP contribution in [0.4, 0.5) is 14.5 Å². The summed E-state index contributed by atoms with van der Waals surface area (Å²) in [5, 5.41) is 2.73. The van der Waals surface area contributed by atoms with Gasteiger partial charge < -0.3 is 10.1 Å². The van der Waals surface area contributed by atoms with E-state index in [-0.39, 0.29) is 12.5 Å². The first-order valence-corrected chi connectivity index (χ1v) is 6.61. The van der Waals surface area contributed by atoms with Crippen LogP contribution in [0, 0.1) is 11.6 Å². The summed E-state index contributed by atoms with van der Waals surface area (Å²) in [5.41, 5.74) is 2.04. The topological polar surface area (TPSA) is 38.3 Å². The van der Waals surface area contributed by atoms with Crippen LogP contribution in [0.2, 0.25) is 0 Å². The molecule has 0 spiro atoms. The number of amides is 1. The normalized spacial score (nSPS) is 13.3. The van der Waals surface area contributed by atoms with E-state index in [4.69, 9.17) is 4.74 Å². The van der Waals surface area contributed by atoms with Gasteiger partial charge in [0.05, 0.1) is 5.69 Å². The highest BCUT2D eigenvalue weighted by molar-refractivity contribution is 5.95. The fourth-order valence-electron chi connectivity index (χ4n) is 2.29. The van der Waals surface area contributed by atoms with Crippen LogP contribution in [-0.4, -0.2) is 12.5 Å². The first-order valence-electron chi connectivity index (χ1n) is 6.61. The van der Waals surface area contributed by atoms with E-state index >= 15 is 0 Å². The minimum Gasteiger partial charge on any atom is -0.482 e. The predicted molar refractivity (Wildman–Crippen MR) is 74.3 cm³/mol. The predicted octanol–water partition coefficient (Wildman–Crippen LogP) is 3.08. The van der Waals surface area contributed by atoms with Crippen molar-refractivity contribution in [2.24, 2.45) is 0 Å². The molecule has 2 aromatic carbocycles. The molecule has 0 fully saturated rings. The summed E-state index contributed by atoms with van der Waals surface area (Å²) in [6, 6.07) is 9.06. The number of hydrogen-bond acceptors (Lipinski definition) is 2. The van der Waals surface area contributed by atoms with Gasteiger partial charge in [-0.2, -0.15) is 0 Å². The molecule has 0 bridgehead atoms. The molecule has 0 radical (unpaired) electrons. The smallest absolute Gasteiger partial charge is 0.262 e. The molecule has 1 N–H and O–H groups in total. The third-order valence-corrected chi connectivity index (χ3v) is 3.37. The average molecular weight is 289 g/mol. The minimum absolute atomic E-state index is 0.0210. The van der Waals surface area contributed by atoms with Crippen LogP contribution in [0.25, 0.3) is 0 Å². The monoisotopic (exact) mass is 289 g/mol.